The van der Waals surface area contributed by atoms with Crippen molar-refractivity contribution in [3.63, 3.8) is 0 Å². The van der Waals surface area contributed by atoms with Crippen LogP contribution in [0.15, 0.2) is 121 Å². The maximum absolute atomic E-state index is 9.01. The smallest absolute Gasteiger partial charge is 0 e. The molecule has 0 amide bonds. The van der Waals surface area contributed by atoms with E-state index in [1.165, 1.54) is 53.4 Å². The molecular formula is C56H55GeIrN5S-2. The largest absolute Gasteiger partial charge is 0 e. The Morgan fingerprint density at radius 1 is 0.797 bits per heavy atom. The van der Waals surface area contributed by atoms with Gasteiger partial charge in [-0.3, -0.25) is 4.98 Å². The van der Waals surface area contributed by atoms with Gasteiger partial charge < -0.3 is 4.57 Å². The summed E-state index contributed by atoms with van der Waals surface area (Å²) >= 11 is -0.292. The van der Waals surface area contributed by atoms with Crippen molar-refractivity contribution in [2.45, 2.75) is 84.0 Å². The summed E-state index contributed by atoms with van der Waals surface area (Å²) in [6, 6.07) is 44.7. The zero-order valence-electron chi connectivity index (χ0n) is 40.3. The van der Waals surface area contributed by atoms with Crippen molar-refractivity contribution in [3.8, 4) is 45.5 Å². The first-order valence-electron chi connectivity index (χ1n) is 22.9. The Hall–Kier alpha value is -5.23. The summed E-state index contributed by atoms with van der Waals surface area (Å²) in [4.78, 5) is 15.7. The second-order valence-electron chi connectivity index (χ2n) is 18.5. The van der Waals surface area contributed by atoms with E-state index in [1.54, 1.807) is 17.4 Å². The van der Waals surface area contributed by atoms with Crippen LogP contribution in [0.2, 0.25) is 17.3 Å². The summed E-state index contributed by atoms with van der Waals surface area (Å²) in [6.07, 6.45) is 2.97. The average Bonchev–Trinajstić information content (AvgIpc) is 3.83. The van der Waals surface area contributed by atoms with Crippen LogP contribution in [0.25, 0.3) is 70.8 Å². The van der Waals surface area contributed by atoms with Gasteiger partial charge in [0.15, 0.2) is 0 Å². The van der Waals surface area contributed by atoms with Gasteiger partial charge in [-0.25, -0.2) is 4.98 Å². The molecule has 0 spiro atoms. The molecule has 9 aromatic rings. The zero-order valence-corrected chi connectivity index (χ0v) is 43.6. The van der Waals surface area contributed by atoms with E-state index in [4.69, 9.17) is 18.0 Å². The van der Waals surface area contributed by atoms with Crippen LogP contribution in [0.1, 0.15) is 84.1 Å². The predicted molar refractivity (Wildman–Crippen MR) is 269 cm³/mol. The number of imidazole rings is 1. The maximum atomic E-state index is 9.01. The van der Waals surface area contributed by atoms with E-state index in [1.807, 2.05) is 19.2 Å². The van der Waals surface area contributed by atoms with Gasteiger partial charge in [-0.05, 0) is 81.4 Å². The van der Waals surface area contributed by atoms with Crippen molar-refractivity contribution >= 4 is 60.3 Å². The molecule has 0 aliphatic carbocycles. The van der Waals surface area contributed by atoms with E-state index in [-0.39, 0.29) is 37.8 Å². The van der Waals surface area contributed by atoms with Gasteiger partial charge in [-0.15, -0.1) is 23.8 Å². The van der Waals surface area contributed by atoms with Gasteiger partial charge in [0.2, 0.25) is 0 Å². The number of nitrogens with zero attached hydrogens (tertiary/aromatic N) is 5. The molecule has 5 nitrogen and oxygen atoms in total. The Kier molecular flexibility index (Phi) is 13.4. The summed E-state index contributed by atoms with van der Waals surface area (Å²) in [5.74, 6) is 9.19. The molecule has 1 radical (unpaired) electrons. The van der Waals surface area contributed by atoms with Crippen molar-refractivity contribution in [1.82, 2.24) is 19.5 Å². The van der Waals surface area contributed by atoms with Crippen LogP contribution in [0, 0.1) is 36.3 Å². The van der Waals surface area contributed by atoms with E-state index in [9.17, 15) is 0 Å². The number of aryl methyl sites for hydroxylation is 1. The molecule has 4 aromatic heterocycles. The Morgan fingerprint density at radius 2 is 1.50 bits per heavy atom. The minimum Gasteiger partial charge on any atom is 0 e. The van der Waals surface area contributed by atoms with Gasteiger partial charge >= 0.3 is 139 Å². The molecular weight excluding hydrogens is 1040 g/mol. The minimum absolute atomic E-state index is 0. The number of para-hydroxylation sites is 2. The fourth-order valence-electron chi connectivity index (χ4n) is 8.34. The molecule has 0 unspecified atom stereocenters. The number of rotatable bonds is 9. The summed E-state index contributed by atoms with van der Waals surface area (Å²) in [7, 11) is 0. The van der Waals surface area contributed by atoms with Crippen molar-refractivity contribution in [2.24, 2.45) is 5.92 Å². The molecule has 0 saturated heterocycles. The molecule has 0 aliphatic rings. The Bertz CT molecular complexity index is 3220. The number of thiophene rings is 1. The Balaban J connectivity index is 0.000000223. The number of aromatic nitrogens is 4. The number of fused-ring (bicyclic) bond motifs is 4. The third kappa shape index (κ3) is 9.72. The third-order valence-corrected chi connectivity index (χ3v) is 16.8. The molecule has 325 valence electrons. The topological polar surface area (TPSA) is 67.4 Å². The quantitative estimate of drug-likeness (QED) is 0.107. The molecule has 0 atom stereocenters. The van der Waals surface area contributed by atoms with Crippen LogP contribution in [0.5, 0.6) is 0 Å². The molecule has 4 heterocycles. The molecule has 0 N–H and O–H groups in total. The Labute approximate surface area is 402 Å². The summed E-state index contributed by atoms with van der Waals surface area (Å²) < 4.78 is 20.8. The molecule has 8 heteroatoms. The van der Waals surface area contributed by atoms with Crippen LogP contribution < -0.4 is 4.40 Å². The van der Waals surface area contributed by atoms with Gasteiger partial charge in [-0.1, -0.05) is 81.6 Å². The monoisotopic (exact) mass is 1100 g/mol. The normalized spacial score (nSPS) is 12.1. The van der Waals surface area contributed by atoms with Crippen LogP contribution in [-0.2, 0) is 26.5 Å². The number of pyridine rings is 2. The zero-order chi connectivity index (χ0) is 46.3. The van der Waals surface area contributed by atoms with Crippen LogP contribution >= 0.6 is 11.3 Å². The first-order chi connectivity index (χ1) is 31.0. The van der Waals surface area contributed by atoms with Crippen LogP contribution in [0.3, 0.4) is 0 Å². The number of nitriles is 1. The van der Waals surface area contributed by atoms with Crippen LogP contribution in [0.4, 0.5) is 0 Å². The maximum Gasteiger partial charge on any atom is 0 e. The molecule has 9 rings (SSSR count). The van der Waals surface area contributed by atoms with E-state index in [0.717, 1.165) is 45.1 Å². The second kappa shape index (κ2) is 19.5. The molecule has 0 bridgehead atoms. The fourth-order valence-corrected chi connectivity index (χ4v) is 12.8. The third-order valence-electron chi connectivity index (χ3n) is 11.5. The van der Waals surface area contributed by atoms with Crippen molar-refractivity contribution in [3.05, 3.63) is 161 Å². The molecule has 0 saturated carbocycles. The van der Waals surface area contributed by atoms with Crippen molar-refractivity contribution < 1.29 is 22.8 Å². The van der Waals surface area contributed by atoms with Crippen LogP contribution in [-0.4, -0.2) is 32.8 Å². The van der Waals surface area contributed by atoms with Gasteiger partial charge in [0, 0.05) is 31.5 Å². The van der Waals surface area contributed by atoms with Crippen molar-refractivity contribution in [2.75, 3.05) is 0 Å². The van der Waals surface area contributed by atoms with E-state index in [0.29, 0.717) is 23.3 Å². The number of benzene rings is 5. The first kappa shape index (κ1) is 44.0. The van der Waals surface area contributed by atoms with Crippen molar-refractivity contribution in [1.29, 1.82) is 5.26 Å². The Morgan fingerprint density at radius 3 is 2.16 bits per heavy atom. The summed E-state index contributed by atoms with van der Waals surface area (Å²) in [5, 5.41) is 11.4. The van der Waals surface area contributed by atoms with E-state index < -0.39 is 13.3 Å². The molecule has 5 aromatic carbocycles. The first-order valence-corrected chi connectivity index (χ1v) is 30.0. The SMILES string of the molecule is Cc1ccc2c(n1)sc1c[c-]c(-c3nc4ccccc4n3-c3c(C(C)C)cc(-c4ccccc4)cc3C(C)C)cc12.[2H]c1[c-]c(-c2cc(CC(C)C)[c]([Ge]([CH3])([CH3])[CH3])cn2)cc([2H])c1C#N.[Ir]. The number of hydrogen-bond acceptors (Lipinski definition) is 5. The van der Waals surface area contributed by atoms with Gasteiger partial charge in [0.05, 0.1) is 16.9 Å². The average molecular weight is 1100 g/mol. The van der Waals surface area contributed by atoms with E-state index in [2.05, 4.69) is 178 Å². The molecule has 0 fully saturated rings. The standard InChI is InChI=1S/C37H32N3S.C19H23GeN2.Ir/c1-22(2)29-20-27(25-11-7-6-8-12-25)21-30(23(3)4)35(29)40-33-14-10-9-13-32(33)39-36(40)26-16-18-34-31(19-26)28-17-15-24(5)38-37(28)41-34;1-14(2)10-17-11-19(22-13-18(17)20(3,4)5)16-8-6-15(12-21)7-9-16;/h6-15,17-23H,1-5H3;6-8,11,13-14H,10H2,1-5H3;/q2*-1;/i;6D,7D;. The fraction of sp³-hybridized carbons (Fsp3) is 0.250. The minimum atomic E-state index is -2.02. The predicted octanol–water partition coefficient (Wildman–Crippen LogP) is 14.6. The van der Waals surface area contributed by atoms with Gasteiger partial charge in [-0.2, -0.15) is 11.3 Å². The summed E-state index contributed by atoms with van der Waals surface area (Å²) in [6.45, 7) is 15.6. The molecule has 0 aliphatic heterocycles. The number of hydrogen-bond donors (Lipinski definition) is 0. The second-order valence-corrected chi connectivity index (χ2v) is 30.1. The van der Waals surface area contributed by atoms with E-state index >= 15 is 0 Å². The van der Waals surface area contributed by atoms with Gasteiger partial charge in [0.1, 0.15) is 4.83 Å². The van der Waals surface area contributed by atoms with Gasteiger partial charge in [0.25, 0.3) is 0 Å². The summed E-state index contributed by atoms with van der Waals surface area (Å²) in [5.41, 5.74) is 13.2. The molecule has 64 heavy (non-hydrogen) atoms.